The normalized spacial score (nSPS) is 20.8. The lowest BCUT2D eigenvalue weighted by Crippen LogP contribution is -2.39. The highest BCUT2D eigenvalue weighted by Gasteiger charge is 2.09. The topological polar surface area (TPSA) is 24.1 Å². The zero-order chi connectivity index (χ0) is 7.23. The van der Waals surface area contributed by atoms with Crippen LogP contribution >= 0.6 is 0 Å². The molecule has 0 bridgehead atoms. The molecule has 1 heterocycles. The molecule has 1 aliphatic heterocycles. The summed E-state index contributed by atoms with van der Waals surface area (Å²) in [6, 6.07) is 0.722. The first-order valence-electron chi connectivity index (χ1n) is 3.98. The van der Waals surface area contributed by atoms with Gasteiger partial charge in [-0.1, -0.05) is 6.08 Å². The van der Waals surface area contributed by atoms with Crippen LogP contribution in [-0.2, 0) is 0 Å². The van der Waals surface area contributed by atoms with Crippen LogP contribution in [-0.4, -0.2) is 25.7 Å². The molecule has 2 N–H and O–H groups in total. The van der Waals surface area contributed by atoms with Crippen molar-refractivity contribution in [2.24, 2.45) is 0 Å². The molecular formula is C8H16N2. The zero-order valence-electron chi connectivity index (χ0n) is 6.40. The van der Waals surface area contributed by atoms with Gasteiger partial charge in [-0.25, -0.2) is 0 Å². The van der Waals surface area contributed by atoms with Crippen molar-refractivity contribution in [2.45, 2.75) is 18.9 Å². The molecule has 0 amide bonds. The third-order valence-electron chi connectivity index (χ3n) is 1.89. The molecule has 0 aliphatic carbocycles. The third-order valence-corrected chi connectivity index (χ3v) is 1.89. The summed E-state index contributed by atoms with van der Waals surface area (Å²) in [5, 5.41) is 6.74. The second-order valence-corrected chi connectivity index (χ2v) is 2.72. The number of piperidine rings is 1. The fraction of sp³-hybridized carbons (Fsp3) is 0.750. The van der Waals surface area contributed by atoms with Crippen LogP contribution in [0.4, 0.5) is 0 Å². The molecule has 0 aromatic heterocycles. The van der Waals surface area contributed by atoms with E-state index in [0.29, 0.717) is 0 Å². The first-order valence-corrected chi connectivity index (χ1v) is 3.98. The molecule has 1 aliphatic rings. The number of rotatable bonds is 3. The van der Waals surface area contributed by atoms with E-state index in [-0.39, 0.29) is 0 Å². The minimum atomic E-state index is 0.722. The quantitative estimate of drug-likeness (QED) is 0.558. The molecular weight excluding hydrogens is 124 g/mol. The van der Waals surface area contributed by atoms with E-state index in [9.17, 15) is 0 Å². The summed E-state index contributed by atoms with van der Waals surface area (Å²) in [5.41, 5.74) is 0. The van der Waals surface area contributed by atoms with E-state index in [1.54, 1.807) is 0 Å². The van der Waals surface area contributed by atoms with Crippen LogP contribution in [0.15, 0.2) is 12.7 Å². The third kappa shape index (κ3) is 2.50. The molecule has 0 spiro atoms. The van der Waals surface area contributed by atoms with Gasteiger partial charge in [0.05, 0.1) is 0 Å². The van der Waals surface area contributed by atoms with Gasteiger partial charge in [-0.3, -0.25) is 0 Å². The molecule has 0 saturated carbocycles. The average molecular weight is 140 g/mol. The van der Waals surface area contributed by atoms with Gasteiger partial charge in [0.2, 0.25) is 0 Å². The van der Waals surface area contributed by atoms with E-state index in [4.69, 9.17) is 0 Å². The van der Waals surface area contributed by atoms with Crippen LogP contribution in [0, 0.1) is 0 Å². The Labute approximate surface area is 62.7 Å². The lowest BCUT2D eigenvalue weighted by Gasteiger charge is -2.22. The Morgan fingerprint density at radius 3 is 2.80 bits per heavy atom. The van der Waals surface area contributed by atoms with Gasteiger partial charge >= 0.3 is 0 Å². The molecule has 1 rings (SSSR count). The molecule has 0 aromatic rings. The van der Waals surface area contributed by atoms with Crippen molar-refractivity contribution in [1.82, 2.24) is 10.6 Å². The maximum atomic E-state index is 3.67. The summed E-state index contributed by atoms with van der Waals surface area (Å²) in [5.74, 6) is 0. The summed E-state index contributed by atoms with van der Waals surface area (Å²) < 4.78 is 0. The highest BCUT2D eigenvalue weighted by atomic mass is 15.0. The first-order chi connectivity index (χ1) is 4.93. The van der Waals surface area contributed by atoms with Crippen molar-refractivity contribution in [3.8, 4) is 0 Å². The Bertz CT molecular complexity index is 95.4. The number of hydrogen-bond donors (Lipinski definition) is 2. The fourth-order valence-corrected chi connectivity index (χ4v) is 1.28. The van der Waals surface area contributed by atoms with E-state index in [0.717, 1.165) is 25.7 Å². The highest BCUT2D eigenvalue weighted by Crippen LogP contribution is 2.00. The molecule has 2 heteroatoms. The number of hydrogen-bond acceptors (Lipinski definition) is 2. The summed E-state index contributed by atoms with van der Waals surface area (Å²) in [6.45, 7) is 6.94. The smallest absolute Gasteiger partial charge is 0.0134 e. The van der Waals surface area contributed by atoms with E-state index < -0.39 is 0 Å². The lowest BCUT2D eigenvalue weighted by molar-refractivity contribution is 0.400. The molecule has 0 atom stereocenters. The molecule has 0 unspecified atom stereocenters. The second kappa shape index (κ2) is 4.47. The van der Waals surface area contributed by atoms with Gasteiger partial charge in [0.15, 0.2) is 0 Å². The van der Waals surface area contributed by atoms with Gasteiger partial charge in [-0.15, -0.1) is 6.58 Å². The van der Waals surface area contributed by atoms with Crippen LogP contribution in [0.5, 0.6) is 0 Å². The second-order valence-electron chi connectivity index (χ2n) is 2.72. The zero-order valence-corrected chi connectivity index (χ0v) is 6.40. The van der Waals surface area contributed by atoms with E-state index in [1.807, 2.05) is 6.08 Å². The van der Waals surface area contributed by atoms with Crippen LogP contribution in [0.25, 0.3) is 0 Å². The van der Waals surface area contributed by atoms with Crippen LogP contribution in [0.1, 0.15) is 12.8 Å². The van der Waals surface area contributed by atoms with Crippen LogP contribution < -0.4 is 10.6 Å². The predicted molar refractivity (Wildman–Crippen MR) is 44.1 cm³/mol. The van der Waals surface area contributed by atoms with Gasteiger partial charge in [-0.2, -0.15) is 0 Å². The van der Waals surface area contributed by atoms with Crippen LogP contribution in [0.2, 0.25) is 0 Å². The monoisotopic (exact) mass is 140 g/mol. The van der Waals surface area contributed by atoms with Crippen molar-refractivity contribution in [1.29, 1.82) is 0 Å². The van der Waals surface area contributed by atoms with E-state index in [1.165, 1.54) is 12.8 Å². The summed E-state index contributed by atoms with van der Waals surface area (Å²) in [6.07, 6.45) is 4.43. The Balaban J connectivity index is 2.07. The largest absolute Gasteiger partial charge is 0.317 e. The van der Waals surface area contributed by atoms with Crippen molar-refractivity contribution >= 4 is 0 Å². The summed E-state index contributed by atoms with van der Waals surface area (Å²) in [7, 11) is 0. The molecule has 10 heavy (non-hydrogen) atoms. The van der Waals surface area contributed by atoms with E-state index in [2.05, 4.69) is 17.2 Å². The molecule has 0 aromatic carbocycles. The van der Waals surface area contributed by atoms with Crippen LogP contribution in [0.3, 0.4) is 0 Å². The lowest BCUT2D eigenvalue weighted by atomic mass is 10.1. The van der Waals surface area contributed by atoms with Gasteiger partial charge in [0, 0.05) is 12.6 Å². The molecule has 2 nitrogen and oxygen atoms in total. The average Bonchev–Trinajstić information content (AvgIpc) is 2.03. The Kier molecular flexibility index (Phi) is 3.47. The van der Waals surface area contributed by atoms with E-state index >= 15 is 0 Å². The number of nitrogens with one attached hydrogen (secondary N) is 2. The van der Waals surface area contributed by atoms with Gasteiger partial charge in [-0.05, 0) is 25.9 Å². The van der Waals surface area contributed by atoms with Crippen molar-refractivity contribution in [2.75, 3.05) is 19.6 Å². The summed E-state index contributed by atoms with van der Waals surface area (Å²) in [4.78, 5) is 0. The standard InChI is InChI=1S/C8H16N2/c1-2-5-10-8-3-6-9-7-4-8/h2,8-10H,1,3-7H2. The Hall–Kier alpha value is -0.340. The summed E-state index contributed by atoms with van der Waals surface area (Å²) >= 11 is 0. The molecule has 1 saturated heterocycles. The maximum Gasteiger partial charge on any atom is 0.0134 e. The highest BCUT2D eigenvalue weighted by molar-refractivity contribution is 4.78. The first kappa shape index (κ1) is 7.76. The van der Waals surface area contributed by atoms with Crippen molar-refractivity contribution in [3.05, 3.63) is 12.7 Å². The molecule has 58 valence electrons. The fourth-order valence-electron chi connectivity index (χ4n) is 1.28. The SMILES string of the molecule is C=CCNC1CCNCC1. The minimum Gasteiger partial charge on any atom is -0.317 e. The van der Waals surface area contributed by atoms with Crippen molar-refractivity contribution < 1.29 is 0 Å². The van der Waals surface area contributed by atoms with Gasteiger partial charge < -0.3 is 10.6 Å². The predicted octanol–water partition coefficient (Wildman–Crippen LogP) is 0.514. The molecule has 0 radical (unpaired) electrons. The Morgan fingerprint density at radius 2 is 2.20 bits per heavy atom. The molecule has 1 fully saturated rings. The van der Waals surface area contributed by atoms with Gasteiger partial charge in [0.1, 0.15) is 0 Å². The maximum absolute atomic E-state index is 3.67. The van der Waals surface area contributed by atoms with Gasteiger partial charge in [0.25, 0.3) is 0 Å². The minimum absolute atomic E-state index is 0.722. The van der Waals surface area contributed by atoms with Crippen molar-refractivity contribution in [3.63, 3.8) is 0 Å². The Morgan fingerprint density at radius 1 is 1.50 bits per heavy atom.